The van der Waals surface area contributed by atoms with Gasteiger partial charge in [0.05, 0.1) is 0 Å². The molecule has 0 saturated carbocycles. The molecule has 1 rings (SSSR count). The Morgan fingerprint density at radius 1 is 1.42 bits per heavy atom. The fourth-order valence-corrected chi connectivity index (χ4v) is 2.21. The van der Waals surface area contributed by atoms with Gasteiger partial charge in [0.1, 0.15) is 0 Å². The monoisotopic (exact) mass is 170 g/mol. The first-order valence-electron chi connectivity index (χ1n) is 5.12. The molecular formula is C10H22N2. The molecule has 0 aliphatic carbocycles. The molecule has 1 aliphatic rings. The van der Waals surface area contributed by atoms with Crippen LogP contribution in [0.2, 0.25) is 0 Å². The van der Waals surface area contributed by atoms with E-state index in [4.69, 9.17) is 5.73 Å². The summed E-state index contributed by atoms with van der Waals surface area (Å²) in [5.41, 5.74) is 5.67. The smallest absolute Gasteiger partial charge is 0.0193 e. The Kier molecular flexibility index (Phi) is 3.53. The van der Waals surface area contributed by atoms with Crippen LogP contribution < -0.4 is 5.73 Å². The second-order valence-corrected chi connectivity index (χ2v) is 4.28. The van der Waals surface area contributed by atoms with Gasteiger partial charge in [0.15, 0.2) is 0 Å². The van der Waals surface area contributed by atoms with E-state index in [1.807, 2.05) is 0 Å². The minimum atomic E-state index is 0.569. The van der Waals surface area contributed by atoms with E-state index in [2.05, 4.69) is 25.7 Å². The number of hydrogen-bond acceptors (Lipinski definition) is 2. The van der Waals surface area contributed by atoms with Gasteiger partial charge in [-0.05, 0) is 32.2 Å². The lowest BCUT2D eigenvalue weighted by Crippen LogP contribution is -2.43. The lowest BCUT2D eigenvalue weighted by atomic mass is 10.0. The van der Waals surface area contributed by atoms with Crippen molar-refractivity contribution < 1.29 is 0 Å². The normalized spacial score (nSPS) is 28.2. The Morgan fingerprint density at radius 2 is 2.08 bits per heavy atom. The van der Waals surface area contributed by atoms with Crippen LogP contribution in [0, 0.1) is 5.92 Å². The first-order valence-corrected chi connectivity index (χ1v) is 5.12. The average Bonchev–Trinajstić information content (AvgIpc) is 2.50. The van der Waals surface area contributed by atoms with Crippen molar-refractivity contribution in [2.24, 2.45) is 11.7 Å². The topological polar surface area (TPSA) is 29.3 Å². The number of likely N-dealkylation sites (tertiary alicyclic amines) is 1. The molecule has 1 heterocycles. The highest BCUT2D eigenvalue weighted by molar-refractivity contribution is 4.85. The molecule has 0 radical (unpaired) electrons. The van der Waals surface area contributed by atoms with Crippen molar-refractivity contribution >= 4 is 0 Å². The molecule has 0 amide bonds. The third-order valence-electron chi connectivity index (χ3n) is 3.02. The summed E-state index contributed by atoms with van der Waals surface area (Å²) >= 11 is 0. The van der Waals surface area contributed by atoms with Gasteiger partial charge in [-0.1, -0.05) is 13.8 Å². The Morgan fingerprint density at radius 3 is 2.58 bits per heavy atom. The minimum Gasteiger partial charge on any atom is -0.329 e. The number of nitrogens with zero attached hydrogens (tertiary/aromatic N) is 1. The molecule has 2 atom stereocenters. The van der Waals surface area contributed by atoms with Crippen molar-refractivity contribution in [2.75, 3.05) is 13.1 Å². The standard InChI is InChI=1S/C10H22N2/c1-8(2)10-5-4-6-12(10)9(3)7-11/h8-10H,4-7,11H2,1-3H3. The molecule has 1 saturated heterocycles. The van der Waals surface area contributed by atoms with Crippen molar-refractivity contribution in [2.45, 2.75) is 45.7 Å². The van der Waals surface area contributed by atoms with Crippen LogP contribution in [0.5, 0.6) is 0 Å². The second-order valence-electron chi connectivity index (χ2n) is 4.28. The van der Waals surface area contributed by atoms with Crippen LogP contribution in [-0.2, 0) is 0 Å². The Balaban J connectivity index is 2.51. The first kappa shape index (κ1) is 10.0. The maximum atomic E-state index is 5.67. The van der Waals surface area contributed by atoms with E-state index >= 15 is 0 Å². The predicted octanol–water partition coefficient (Wildman–Crippen LogP) is 1.45. The highest BCUT2D eigenvalue weighted by atomic mass is 15.2. The summed E-state index contributed by atoms with van der Waals surface area (Å²) < 4.78 is 0. The highest BCUT2D eigenvalue weighted by Crippen LogP contribution is 2.25. The van der Waals surface area contributed by atoms with E-state index < -0.39 is 0 Å². The molecule has 2 N–H and O–H groups in total. The molecule has 12 heavy (non-hydrogen) atoms. The Bertz CT molecular complexity index is 134. The SMILES string of the molecule is CC(C)C1CCCN1C(C)CN. The Labute approximate surface area is 76.1 Å². The zero-order valence-electron chi connectivity index (χ0n) is 8.59. The van der Waals surface area contributed by atoms with Crippen LogP contribution in [0.3, 0.4) is 0 Å². The minimum absolute atomic E-state index is 0.569. The van der Waals surface area contributed by atoms with Crippen LogP contribution >= 0.6 is 0 Å². The van der Waals surface area contributed by atoms with E-state index in [0.29, 0.717) is 6.04 Å². The fourth-order valence-electron chi connectivity index (χ4n) is 2.21. The number of hydrogen-bond donors (Lipinski definition) is 1. The fraction of sp³-hybridized carbons (Fsp3) is 1.00. The van der Waals surface area contributed by atoms with Crippen LogP contribution in [-0.4, -0.2) is 30.1 Å². The summed E-state index contributed by atoms with van der Waals surface area (Å²) in [5, 5.41) is 0. The van der Waals surface area contributed by atoms with Gasteiger partial charge in [-0.2, -0.15) is 0 Å². The van der Waals surface area contributed by atoms with Crippen LogP contribution in [0.25, 0.3) is 0 Å². The van der Waals surface area contributed by atoms with Gasteiger partial charge in [-0.3, -0.25) is 4.90 Å². The third-order valence-corrected chi connectivity index (χ3v) is 3.02. The molecule has 0 aromatic heterocycles. The number of rotatable bonds is 3. The molecule has 2 heteroatoms. The molecule has 1 fully saturated rings. The van der Waals surface area contributed by atoms with Gasteiger partial charge in [-0.15, -0.1) is 0 Å². The first-order chi connectivity index (χ1) is 5.66. The maximum absolute atomic E-state index is 5.67. The molecule has 2 nitrogen and oxygen atoms in total. The molecular weight excluding hydrogens is 148 g/mol. The molecule has 0 aromatic carbocycles. The van der Waals surface area contributed by atoms with E-state index in [1.54, 1.807) is 0 Å². The Hall–Kier alpha value is -0.0800. The zero-order valence-corrected chi connectivity index (χ0v) is 8.59. The van der Waals surface area contributed by atoms with Crippen LogP contribution in [0.4, 0.5) is 0 Å². The van der Waals surface area contributed by atoms with Gasteiger partial charge in [-0.25, -0.2) is 0 Å². The average molecular weight is 170 g/mol. The summed E-state index contributed by atoms with van der Waals surface area (Å²) in [6.45, 7) is 8.91. The van der Waals surface area contributed by atoms with Crippen molar-refractivity contribution in [3.63, 3.8) is 0 Å². The molecule has 1 aliphatic heterocycles. The highest BCUT2D eigenvalue weighted by Gasteiger charge is 2.29. The van der Waals surface area contributed by atoms with Crippen LogP contribution in [0.15, 0.2) is 0 Å². The molecule has 72 valence electrons. The maximum Gasteiger partial charge on any atom is 0.0193 e. The number of nitrogens with two attached hydrogens (primary N) is 1. The summed E-state index contributed by atoms with van der Waals surface area (Å²) in [7, 11) is 0. The molecule has 0 spiro atoms. The van der Waals surface area contributed by atoms with Gasteiger partial charge < -0.3 is 5.73 Å². The van der Waals surface area contributed by atoms with Gasteiger partial charge in [0, 0.05) is 18.6 Å². The van der Waals surface area contributed by atoms with Crippen molar-refractivity contribution in [3.05, 3.63) is 0 Å². The quantitative estimate of drug-likeness (QED) is 0.694. The largest absolute Gasteiger partial charge is 0.329 e. The van der Waals surface area contributed by atoms with Crippen molar-refractivity contribution in [1.82, 2.24) is 4.90 Å². The summed E-state index contributed by atoms with van der Waals surface area (Å²) in [4.78, 5) is 2.57. The molecule has 0 aromatic rings. The summed E-state index contributed by atoms with van der Waals surface area (Å²) in [5.74, 6) is 0.779. The van der Waals surface area contributed by atoms with E-state index in [9.17, 15) is 0 Å². The van der Waals surface area contributed by atoms with Crippen LogP contribution in [0.1, 0.15) is 33.6 Å². The lowest BCUT2D eigenvalue weighted by Gasteiger charge is -2.32. The molecule has 2 unspecified atom stereocenters. The zero-order chi connectivity index (χ0) is 9.14. The third kappa shape index (κ3) is 1.99. The van der Waals surface area contributed by atoms with E-state index in [1.165, 1.54) is 19.4 Å². The predicted molar refractivity (Wildman–Crippen MR) is 53.1 cm³/mol. The van der Waals surface area contributed by atoms with Gasteiger partial charge in [0.2, 0.25) is 0 Å². The van der Waals surface area contributed by atoms with Gasteiger partial charge in [0.25, 0.3) is 0 Å². The second kappa shape index (κ2) is 4.24. The van der Waals surface area contributed by atoms with Gasteiger partial charge >= 0.3 is 0 Å². The van der Waals surface area contributed by atoms with Crippen molar-refractivity contribution in [3.8, 4) is 0 Å². The van der Waals surface area contributed by atoms with E-state index in [0.717, 1.165) is 18.5 Å². The van der Waals surface area contributed by atoms with E-state index in [-0.39, 0.29) is 0 Å². The summed E-state index contributed by atoms with van der Waals surface area (Å²) in [6, 6.07) is 1.35. The van der Waals surface area contributed by atoms with Crippen molar-refractivity contribution in [1.29, 1.82) is 0 Å². The lowest BCUT2D eigenvalue weighted by molar-refractivity contribution is 0.159. The summed E-state index contributed by atoms with van der Waals surface area (Å²) in [6.07, 6.45) is 2.72. The molecule has 0 bridgehead atoms.